The van der Waals surface area contributed by atoms with Crippen molar-refractivity contribution in [1.82, 2.24) is 4.98 Å². The van der Waals surface area contributed by atoms with Crippen LogP contribution in [0, 0.1) is 17.1 Å². The highest BCUT2D eigenvalue weighted by Crippen LogP contribution is 2.31. The number of anilines is 1. The molecule has 5 heteroatoms. The Hall–Kier alpha value is -2.12. The van der Waals surface area contributed by atoms with E-state index < -0.39 is 11.4 Å². The molecule has 1 heterocycles. The molecule has 0 spiro atoms. The zero-order valence-electron chi connectivity index (χ0n) is 11.6. The minimum absolute atomic E-state index is 0.0227. The summed E-state index contributed by atoms with van der Waals surface area (Å²) in [5.41, 5.74) is 0.458. The number of hydrogen-bond donors (Lipinski definition) is 1. The predicted molar refractivity (Wildman–Crippen MR) is 81.5 cm³/mol. The summed E-state index contributed by atoms with van der Waals surface area (Å²) in [5, 5.41) is 12.9. The SMILES string of the molecule is CCCC(C#N)(Nc1ccc(F)c(Cl)c1)c1cccnc1. The molecule has 1 unspecified atom stereocenters. The summed E-state index contributed by atoms with van der Waals surface area (Å²) in [7, 11) is 0. The molecule has 1 N–H and O–H groups in total. The van der Waals surface area contributed by atoms with E-state index >= 15 is 0 Å². The van der Waals surface area contributed by atoms with Crippen LogP contribution in [0.15, 0.2) is 42.7 Å². The van der Waals surface area contributed by atoms with Crippen LogP contribution < -0.4 is 5.32 Å². The van der Waals surface area contributed by atoms with Crippen LogP contribution >= 0.6 is 11.6 Å². The van der Waals surface area contributed by atoms with Crippen molar-refractivity contribution in [3.8, 4) is 6.07 Å². The van der Waals surface area contributed by atoms with Crippen LogP contribution in [0.4, 0.5) is 10.1 Å². The molecular weight excluding hydrogens is 289 g/mol. The number of nitrogens with one attached hydrogen (secondary N) is 1. The first-order valence-electron chi connectivity index (χ1n) is 6.66. The summed E-state index contributed by atoms with van der Waals surface area (Å²) in [6.45, 7) is 2.00. The molecule has 0 saturated heterocycles. The molecule has 108 valence electrons. The van der Waals surface area contributed by atoms with Crippen molar-refractivity contribution in [2.45, 2.75) is 25.3 Å². The van der Waals surface area contributed by atoms with E-state index in [-0.39, 0.29) is 5.02 Å². The third-order valence-electron chi connectivity index (χ3n) is 3.25. The molecule has 0 radical (unpaired) electrons. The number of rotatable bonds is 5. The zero-order chi connectivity index (χ0) is 15.3. The second-order valence-corrected chi connectivity index (χ2v) is 5.17. The number of pyridine rings is 1. The van der Waals surface area contributed by atoms with Gasteiger partial charge in [-0.15, -0.1) is 0 Å². The summed E-state index contributed by atoms with van der Waals surface area (Å²) in [6.07, 6.45) is 4.73. The van der Waals surface area contributed by atoms with Gasteiger partial charge in [0, 0.05) is 23.6 Å². The summed E-state index contributed by atoms with van der Waals surface area (Å²) >= 11 is 5.80. The van der Waals surface area contributed by atoms with Crippen molar-refractivity contribution in [1.29, 1.82) is 5.26 Å². The van der Waals surface area contributed by atoms with Gasteiger partial charge < -0.3 is 5.32 Å². The number of hydrogen-bond acceptors (Lipinski definition) is 3. The van der Waals surface area contributed by atoms with Crippen molar-refractivity contribution < 1.29 is 4.39 Å². The van der Waals surface area contributed by atoms with Gasteiger partial charge in [-0.2, -0.15) is 5.26 Å². The molecule has 0 saturated carbocycles. The minimum Gasteiger partial charge on any atom is -0.364 e. The molecule has 0 fully saturated rings. The van der Waals surface area contributed by atoms with Crippen molar-refractivity contribution in [2.75, 3.05) is 5.32 Å². The summed E-state index contributed by atoms with van der Waals surface area (Å²) in [5.74, 6) is -0.485. The van der Waals surface area contributed by atoms with E-state index in [0.29, 0.717) is 12.1 Å². The molecule has 1 aromatic carbocycles. The molecule has 2 rings (SSSR count). The Morgan fingerprint density at radius 1 is 1.43 bits per heavy atom. The normalized spacial score (nSPS) is 13.2. The fourth-order valence-electron chi connectivity index (χ4n) is 2.24. The molecule has 0 aliphatic rings. The maximum Gasteiger partial charge on any atom is 0.152 e. The number of halogens is 2. The Morgan fingerprint density at radius 3 is 2.81 bits per heavy atom. The van der Waals surface area contributed by atoms with Crippen molar-refractivity contribution >= 4 is 17.3 Å². The highest BCUT2D eigenvalue weighted by atomic mass is 35.5. The van der Waals surface area contributed by atoms with Crippen molar-refractivity contribution in [2.24, 2.45) is 0 Å². The zero-order valence-corrected chi connectivity index (χ0v) is 12.4. The number of aromatic nitrogens is 1. The third kappa shape index (κ3) is 3.32. The quantitative estimate of drug-likeness (QED) is 0.884. The van der Waals surface area contributed by atoms with Gasteiger partial charge in [0.15, 0.2) is 5.54 Å². The van der Waals surface area contributed by atoms with Crippen LogP contribution in [-0.4, -0.2) is 4.98 Å². The van der Waals surface area contributed by atoms with Gasteiger partial charge in [0.05, 0.1) is 11.1 Å². The number of benzene rings is 1. The van der Waals surface area contributed by atoms with Gasteiger partial charge in [-0.3, -0.25) is 4.98 Å². The average molecular weight is 304 g/mol. The predicted octanol–water partition coefficient (Wildman–Crippen LogP) is 4.51. The standard InChI is InChI=1S/C16H15ClFN3/c1-2-7-16(11-19,12-4-3-8-20-10-12)21-13-5-6-15(18)14(17)9-13/h3-6,8-10,21H,2,7H2,1H3. The molecule has 1 atom stereocenters. The summed E-state index contributed by atoms with van der Waals surface area (Å²) in [6, 6.07) is 10.3. The second kappa shape index (κ2) is 6.55. The van der Waals surface area contributed by atoms with Gasteiger partial charge in [0.25, 0.3) is 0 Å². The lowest BCUT2D eigenvalue weighted by molar-refractivity contribution is 0.556. The van der Waals surface area contributed by atoms with E-state index in [1.54, 1.807) is 24.5 Å². The first kappa shape index (κ1) is 15.3. The van der Waals surface area contributed by atoms with Crippen LogP contribution in [0.2, 0.25) is 5.02 Å². The number of nitrogens with zero attached hydrogens (tertiary/aromatic N) is 2. The van der Waals surface area contributed by atoms with E-state index in [9.17, 15) is 9.65 Å². The number of nitriles is 1. The molecule has 0 bridgehead atoms. The Bertz CT molecular complexity index is 654. The highest BCUT2D eigenvalue weighted by Gasteiger charge is 2.31. The van der Waals surface area contributed by atoms with Crippen LogP contribution in [-0.2, 0) is 5.54 Å². The van der Waals surface area contributed by atoms with Crippen molar-refractivity contribution in [3.63, 3.8) is 0 Å². The fourth-order valence-corrected chi connectivity index (χ4v) is 2.42. The molecule has 21 heavy (non-hydrogen) atoms. The maximum absolute atomic E-state index is 13.2. The Kier molecular flexibility index (Phi) is 4.77. The topological polar surface area (TPSA) is 48.7 Å². The summed E-state index contributed by atoms with van der Waals surface area (Å²) in [4.78, 5) is 4.08. The lowest BCUT2D eigenvalue weighted by Gasteiger charge is -2.29. The molecule has 0 aliphatic carbocycles. The average Bonchev–Trinajstić information content (AvgIpc) is 2.51. The minimum atomic E-state index is -0.913. The lowest BCUT2D eigenvalue weighted by Crippen LogP contribution is -2.33. The molecule has 1 aromatic heterocycles. The van der Waals surface area contributed by atoms with Crippen LogP contribution in [0.1, 0.15) is 25.3 Å². The molecule has 2 aromatic rings. The van der Waals surface area contributed by atoms with E-state index in [2.05, 4.69) is 16.4 Å². The van der Waals surface area contributed by atoms with Crippen LogP contribution in [0.25, 0.3) is 0 Å². The van der Waals surface area contributed by atoms with E-state index in [1.807, 2.05) is 13.0 Å². The first-order chi connectivity index (χ1) is 10.1. The molecule has 3 nitrogen and oxygen atoms in total. The summed E-state index contributed by atoms with van der Waals surface area (Å²) < 4.78 is 13.2. The van der Waals surface area contributed by atoms with Gasteiger partial charge in [0.2, 0.25) is 0 Å². The van der Waals surface area contributed by atoms with Crippen molar-refractivity contribution in [3.05, 3.63) is 59.1 Å². The second-order valence-electron chi connectivity index (χ2n) is 4.76. The Labute approximate surface area is 128 Å². The maximum atomic E-state index is 13.2. The molecule has 0 amide bonds. The Balaban J connectivity index is 2.41. The van der Waals surface area contributed by atoms with Gasteiger partial charge >= 0.3 is 0 Å². The fraction of sp³-hybridized carbons (Fsp3) is 0.250. The first-order valence-corrected chi connectivity index (χ1v) is 7.04. The molecule has 0 aliphatic heterocycles. The van der Waals surface area contributed by atoms with E-state index in [1.165, 1.54) is 12.1 Å². The lowest BCUT2D eigenvalue weighted by atomic mass is 9.87. The van der Waals surface area contributed by atoms with Gasteiger partial charge in [-0.1, -0.05) is 31.0 Å². The van der Waals surface area contributed by atoms with Gasteiger partial charge in [0.1, 0.15) is 5.82 Å². The molecular formula is C16H15ClFN3. The van der Waals surface area contributed by atoms with E-state index in [4.69, 9.17) is 11.6 Å². The van der Waals surface area contributed by atoms with Crippen LogP contribution in [0.5, 0.6) is 0 Å². The Morgan fingerprint density at radius 2 is 2.24 bits per heavy atom. The smallest absolute Gasteiger partial charge is 0.152 e. The largest absolute Gasteiger partial charge is 0.364 e. The van der Waals surface area contributed by atoms with E-state index in [0.717, 1.165) is 12.0 Å². The van der Waals surface area contributed by atoms with Gasteiger partial charge in [-0.25, -0.2) is 4.39 Å². The highest BCUT2D eigenvalue weighted by molar-refractivity contribution is 6.31. The van der Waals surface area contributed by atoms with Gasteiger partial charge in [-0.05, 0) is 30.7 Å². The third-order valence-corrected chi connectivity index (χ3v) is 3.54. The van der Waals surface area contributed by atoms with Crippen LogP contribution in [0.3, 0.4) is 0 Å². The monoisotopic (exact) mass is 303 g/mol.